The summed E-state index contributed by atoms with van der Waals surface area (Å²) in [6.07, 6.45) is 10.4. The minimum absolute atomic E-state index is 0.0141. The normalized spacial score (nSPS) is 14.7. The number of carboxylic acid groups (broad SMARTS) is 1. The zero-order chi connectivity index (χ0) is 24.8. The molecule has 0 bridgehead atoms. The van der Waals surface area contributed by atoms with Crippen molar-refractivity contribution < 1.29 is 40.2 Å². The van der Waals surface area contributed by atoms with Gasteiger partial charge in [-0.05, 0) is 6.42 Å². The number of aliphatic hydroxyl groups is 5. The molecule has 8 heteroatoms. The summed E-state index contributed by atoms with van der Waals surface area (Å²) in [5, 5.41) is 53.3. The summed E-state index contributed by atoms with van der Waals surface area (Å²) in [5.74, 6) is -1.29. The molecule has 0 aromatic carbocycles. The lowest BCUT2D eigenvalue weighted by atomic mass is 9.99. The van der Waals surface area contributed by atoms with Crippen LogP contribution in [0.5, 0.6) is 0 Å². The maximum Gasteiger partial charge on any atom is 0.303 e. The number of aliphatic carboxylic acids is 1. The molecule has 0 saturated carbocycles. The van der Waals surface area contributed by atoms with Gasteiger partial charge in [-0.15, -0.1) is 0 Å². The first-order chi connectivity index (χ1) is 15.2. The summed E-state index contributed by atoms with van der Waals surface area (Å²) in [6, 6.07) is 0. The third-order valence-corrected chi connectivity index (χ3v) is 5.43. The van der Waals surface area contributed by atoms with Crippen LogP contribution >= 0.6 is 0 Å². The molecule has 0 aromatic heterocycles. The van der Waals surface area contributed by atoms with Crippen LogP contribution in [0.25, 0.3) is 0 Å². The molecule has 0 amide bonds. The minimum atomic E-state index is -1.79. The van der Waals surface area contributed by atoms with E-state index >= 15 is 0 Å². The summed E-state index contributed by atoms with van der Waals surface area (Å²) < 4.78 is 0. The number of hydrogen-bond donors (Lipinski definition) is 6. The van der Waals surface area contributed by atoms with Gasteiger partial charge in [-0.2, -0.15) is 0 Å². The Labute approximate surface area is 193 Å². The number of hydrogen-bond acceptors (Lipinski definition) is 7. The summed E-state index contributed by atoms with van der Waals surface area (Å²) in [6.45, 7) is 2.99. The number of aliphatic hydroxyl groups excluding tert-OH is 5. The molecule has 0 aliphatic heterocycles. The molecular formula is C24H48O8. The summed E-state index contributed by atoms with van der Waals surface area (Å²) in [7, 11) is 0. The van der Waals surface area contributed by atoms with Crippen molar-refractivity contribution >= 4 is 11.8 Å². The third kappa shape index (κ3) is 19.6. The quantitative estimate of drug-likeness (QED) is 0.150. The van der Waals surface area contributed by atoms with Gasteiger partial charge in [-0.1, -0.05) is 90.9 Å². The van der Waals surface area contributed by atoms with Gasteiger partial charge in [0.25, 0.3) is 0 Å². The predicted octanol–water partition coefficient (Wildman–Crippen LogP) is 2.95. The van der Waals surface area contributed by atoms with Crippen molar-refractivity contribution in [3.8, 4) is 0 Å². The minimum Gasteiger partial charge on any atom is -0.481 e. The molecule has 192 valence electrons. The summed E-state index contributed by atoms with van der Waals surface area (Å²) in [5.41, 5.74) is 0. The van der Waals surface area contributed by atoms with E-state index < -0.39 is 42.8 Å². The standard InChI is InChI=1S/C16H32O2.C8H16O6/c1-2-3-4-5-6-7-8-9-10-11-12-13-14-15-16(17)18;1-2-4(10)6(12)8(14)7(13)5(11)3-9/h2-15H2,1H3,(H,17,18);5-9,11-14H,2-3H2,1H3. The summed E-state index contributed by atoms with van der Waals surface area (Å²) in [4.78, 5) is 21.2. The van der Waals surface area contributed by atoms with E-state index in [9.17, 15) is 14.7 Å². The van der Waals surface area contributed by atoms with E-state index in [0.29, 0.717) is 6.42 Å². The maximum absolute atomic E-state index is 10.9. The van der Waals surface area contributed by atoms with Gasteiger partial charge >= 0.3 is 5.97 Å². The van der Waals surface area contributed by atoms with E-state index in [1.54, 1.807) is 0 Å². The monoisotopic (exact) mass is 464 g/mol. The van der Waals surface area contributed by atoms with Gasteiger partial charge in [0.1, 0.15) is 24.4 Å². The van der Waals surface area contributed by atoms with Crippen LogP contribution in [0.4, 0.5) is 0 Å². The molecule has 32 heavy (non-hydrogen) atoms. The lowest BCUT2D eigenvalue weighted by molar-refractivity contribution is -0.146. The molecule has 6 N–H and O–H groups in total. The molecule has 0 aromatic rings. The third-order valence-electron chi connectivity index (χ3n) is 5.43. The smallest absolute Gasteiger partial charge is 0.303 e. The van der Waals surface area contributed by atoms with Gasteiger partial charge in [0.2, 0.25) is 0 Å². The fourth-order valence-electron chi connectivity index (χ4n) is 3.22. The topological polar surface area (TPSA) is 156 Å². The van der Waals surface area contributed by atoms with Gasteiger partial charge < -0.3 is 30.6 Å². The van der Waals surface area contributed by atoms with E-state index in [-0.39, 0.29) is 6.42 Å². The molecule has 0 aliphatic rings. The van der Waals surface area contributed by atoms with Crippen molar-refractivity contribution in [2.75, 3.05) is 6.61 Å². The Hall–Kier alpha value is -1.06. The zero-order valence-electron chi connectivity index (χ0n) is 20.1. The second-order valence-corrected chi connectivity index (χ2v) is 8.38. The Bertz CT molecular complexity index is 444. The highest BCUT2D eigenvalue weighted by molar-refractivity contribution is 5.83. The van der Waals surface area contributed by atoms with Crippen molar-refractivity contribution in [3.63, 3.8) is 0 Å². The second kappa shape index (κ2) is 23.1. The van der Waals surface area contributed by atoms with Gasteiger partial charge in [-0.3, -0.25) is 9.59 Å². The lowest BCUT2D eigenvalue weighted by Gasteiger charge is -2.24. The predicted molar refractivity (Wildman–Crippen MR) is 124 cm³/mol. The maximum atomic E-state index is 10.9. The van der Waals surface area contributed by atoms with Crippen LogP contribution in [0.1, 0.15) is 110 Å². The molecule has 4 atom stereocenters. The number of unbranched alkanes of at least 4 members (excludes halogenated alkanes) is 12. The first-order valence-electron chi connectivity index (χ1n) is 12.3. The van der Waals surface area contributed by atoms with Gasteiger partial charge in [0.15, 0.2) is 5.78 Å². The van der Waals surface area contributed by atoms with E-state index in [1.807, 2.05) is 0 Å². The fraction of sp³-hybridized carbons (Fsp3) is 0.917. The number of Topliss-reactive ketones (excluding diaryl/α,β-unsaturated/α-hetero) is 1. The highest BCUT2D eigenvalue weighted by atomic mass is 16.4. The van der Waals surface area contributed by atoms with Crippen molar-refractivity contribution in [3.05, 3.63) is 0 Å². The van der Waals surface area contributed by atoms with Gasteiger partial charge in [0.05, 0.1) is 6.61 Å². The van der Waals surface area contributed by atoms with Crippen molar-refractivity contribution in [1.82, 2.24) is 0 Å². The molecule has 0 fully saturated rings. The first-order valence-corrected chi connectivity index (χ1v) is 12.3. The number of carbonyl (C=O) groups is 2. The molecule has 0 aliphatic carbocycles. The molecule has 0 heterocycles. The first kappa shape index (κ1) is 33.1. The van der Waals surface area contributed by atoms with Crippen LogP contribution in [0, 0.1) is 0 Å². The average molecular weight is 465 g/mol. The SMILES string of the molecule is CCC(=O)C(O)C(O)C(O)C(O)CO.CCCCCCCCCCCCCCCC(=O)O. The molecule has 0 saturated heterocycles. The Morgan fingerprint density at radius 2 is 1.06 bits per heavy atom. The number of rotatable bonds is 20. The highest BCUT2D eigenvalue weighted by Crippen LogP contribution is 2.13. The summed E-state index contributed by atoms with van der Waals surface area (Å²) >= 11 is 0. The lowest BCUT2D eigenvalue weighted by Crippen LogP contribution is -2.48. The average Bonchev–Trinajstić information content (AvgIpc) is 2.79. The van der Waals surface area contributed by atoms with Crippen LogP contribution in [-0.2, 0) is 9.59 Å². The Morgan fingerprint density at radius 1 is 0.656 bits per heavy atom. The fourth-order valence-corrected chi connectivity index (χ4v) is 3.22. The largest absolute Gasteiger partial charge is 0.481 e. The van der Waals surface area contributed by atoms with Gasteiger partial charge in [0, 0.05) is 12.8 Å². The van der Waals surface area contributed by atoms with E-state index in [2.05, 4.69) is 6.92 Å². The van der Waals surface area contributed by atoms with E-state index in [0.717, 1.165) is 12.8 Å². The van der Waals surface area contributed by atoms with E-state index in [1.165, 1.54) is 77.6 Å². The Kier molecular flexibility index (Phi) is 23.9. The van der Waals surface area contributed by atoms with Crippen LogP contribution in [0.3, 0.4) is 0 Å². The van der Waals surface area contributed by atoms with Crippen molar-refractivity contribution in [2.45, 2.75) is 135 Å². The van der Waals surface area contributed by atoms with Crippen molar-refractivity contribution in [1.29, 1.82) is 0 Å². The molecular weight excluding hydrogens is 416 g/mol. The van der Waals surface area contributed by atoms with E-state index in [4.69, 9.17) is 25.5 Å². The van der Waals surface area contributed by atoms with Crippen molar-refractivity contribution in [2.24, 2.45) is 0 Å². The van der Waals surface area contributed by atoms with Crippen LogP contribution in [0.2, 0.25) is 0 Å². The molecule has 0 spiro atoms. The molecule has 8 nitrogen and oxygen atoms in total. The molecule has 4 unspecified atom stereocenters. The number of carbonyl (C=O) groups excluding carboxylic acids is 1. The van der Waals surface area contributed by atoms with Gasteiger partial charge in [-0.25, -0.2) is 0 Å². The molecule has 0 radical (unpaired) electrons. The second-order valence-electron chi connectivity index (χ2n) is 8.38. The van der Waals surface area contributed by atoms with Crippen LogP contribution < -0.4 is 0 Å². The molecule has 0 rings (SSSR count). The Balaban J connectivity index is 0. The Morgan fingerprint density at radius 3 is 1.41 bits per heavy atom. The van der Waals surface area contributed by atoms with Crippen LogP contribution in [0.15, 0.2) is 0 Å². The van der Waals surface area contributed by atoms with Crippen LogP contribution in [-0.4, -0.2) is 73.4 Å². The highest BCUT2D eigenvalue weighted by Gasteiger charge is 2.33. The zero-order valence-corrected chi connectivity index (χ0v) is 20.1. The number of carboxylic acids is 1. The number of ketones is 1.